The molecule has 0 fully saturated rings. The number of carbonyl (C=O) groups is 2. The van der Waals surface area contributed by atoms with Gasteiger partial charge in [-0.3, -0.25) is 4.79 Å². The number of rotatable bonds is 3. The monoisotopic (exact) mass is 381 g/mol. The molecule has 0 aliphatic carbocycles. The lowest BCUT2D eigenvalue weighted by atomic mass is 10.1. The molecule has 20 heavy (non-hydrogen) atoms. The molecule has 4 nitrogen and oxygen atoms in total. The minimum Gasteiger partial charge on any atom is -0.478 e. The number of nitrogens with one attached hydrogen (secondary N) is 1. The van der Waals surface area contributed by atoms with Crippen LogP contribution in [0.2, 0.25) is 0 Å². The van der Waals surface area contributed by atoms with Gasteiger partial charge in [0.25, 0.3) is 5.91 Å². The van der Waals surface area contributed by atoms with E-state index in [-0.39, 0.29) is 11.5 Å². The van der Waals surface area contributed by atoms with Crippen LogP contribution in [0.4, 0.5) is 5.69 Å². The molecule has 0 heterocycles. The summed E-state index contributed by atoms with van der Waals surface area (Å²) in [6.07, 6.45) is 0. The highest BCUT2D eigenvalue weighted by Gasteiger charge is 2.15. The number of carbonyl (C=O) groups excluding carboxylic acids is 1. The van der Waals surface area contributed by atoms with Crippen molar-refractivity contribution in [1.82, 2.24) is 0 Å². The number of hydrogen-bond donors (Lipinski definition) is 2. The molecule has 0 unspecified atom stereocenters. The van der Waals surface area contributed by atoms with Gasteiger partial charge in [-0.1, -0.05) is 12.1 Å². The van der Waals surface area contributed by atoms with E-state index in [1.54, 1.807) is 37.3 Å². The summed E-state index contributed by atoms with van der Waals surface area (Å²) >= 11 is 2.15. The lowest BCUT2D eigenvalue weighted by Crippen LogP contribution is -2.15. The van der Waals surface area contributed by atoms with Crippen molar-refractivity contribution in [3.05, 3.63) is 62.7 Å². The molecule has 0 bridgehead atoms. The van der Waals surface area contributed by atoms with Gasteiger partial charge in [0, 0.05) is 9.13 Å². The number of anilines is 1. The molecule has 0 atom stereocenters. The van der Waals surface area contributed by atoms with Gasteiger partial charge >= 0.3 is 5.97 Å². The molecular formula is C15H12INO3. The fraction of sp³-hybridized carbons (Fsp3) is 0.0667. The van der Waals surface area contributed by atoms with Crippen LogP contribution in [0.5, 0.6) is 0 Å². The zero-order valence-corrected chi connectivity index (χ0v) is 12.8. The Balaban J connectivity index is 2.30. The molecule has 0 saturated heterocycles. The summed E-state index contributed by atoms with van der Waals surface area (Å²) in [7, 11) is 0. The fourth-order valence-corrected chi connectivity index (χ4v) is 2.21. The second kappa shape index (κ2) is 6.04. The number of hydrogen-bond acceptors (Lipinski definition) is 2. The molecule has 5 heteroatoms. The maximum atomic E-state index is 12.1. The van der Waals surface area contributed by atoms with Gasteiger partial charge in [-0.2, -0.15) is 0 Å². The summed E-state index contributed by atoms with van der Waals surface area (Å²) in [5.41, 5.74) is 1.52. The highest BCUT2D eigenvalue weighted by atomic mass is 127. The molecule has 2 aromatic rings. The summed E-state index contributed by atoms with van der Waals surface area (Å²) in [5, 5.41) is 11.9. The maximum Gasteiger partial charge on any atom is 0.338 e. The third-order valence-electron chi connectivity index (χ3n) is 2.84. The molecule has 2 rings (SSSR count). The first kappa shape index (κ1) is 14.5. The normalized spacial score (nSPS) is 10.1. The van der Waals surface area contributed by atoms with E-state index in [2.05, 4.69) is 27.9 Å². The molecule has 1 amide bonds. The van der Waals surface area contributed by atoms with Gasteiger partial charge in [-0.05, 0) is 65.4 Å². The third-order valence-corrected chi connectivity index (χ3v) is 3.56. The largest absolute Gasteiger partial charge is 0.478 e. The third kappa shape index (κ3) is 3.16. The molecule has 2 N–H and O–H groups in total. The smallest absolute Gasteiger partial charge is 0.338 e. The van der Waals surface area contributed by atoms with E-state index in [9.17, 15) is 14.7 Å². The average Bonchev–Trinajstić information content (AvgIpc) is 2.39. The van der Waals surface area contributed by atoms with Crippen LogP contribution in [-0.4, -0.2) is 17.0 Å². The van der Waals surface area contributed by atoms with E-state index < -0.39 is 5.97 Å². The first-order valence-corrected chi connectivity index (χ1v) is 6.96. The van der Waals surface area contributed by atoms with Crippen molar-refractivity contribution in [2.75, 3.05) is 5.32 Å². The van der Waals surface area contributed by atoms with E-state index in [0.717, 1.165) is 3.57 Å². The van der Waals surface area contributed by atoms with Gasteiger partial charge in [0.15, 0.2) is 0 Å². The van der Waals surface area contributed by atoms with E-state index >= 15 is 0 Å². The van der Waals surface area contributed by atoms with Crippen LogP contribution in [-0.2, 0) is 0 Å². The van der Waals surface area contributed by atoms with Crippen LogP contribution in [0, 0.1) is 10.5 Å². The Morgan fingerprint density at radius 1 is 1.10 bits per heavy atom. The Labute approximate surface area is 130 Å². The maximum absolute atomic E-state index is 12.1. The van der Waals surface area contributed by atoms with Crippen molar-refractivity contribution in [2.24, 2.45) is 0 Å². The lowest BCUT2D eigenvalue weighted by Gasteiger charge is -2.10. The van der Waals surface area contributed by atoms with Crippen molar-refractivity contribution in [2.45, 2.75) is 6.92 Å². The lowest BCUT2D eigenvalue weighted by molar-refractivity contribution is 0.0697. The van der Waals surface area contributed by atoms with Crippen LogP contribution in [0.3, 0.4) is 0 Å². The standard InChI is InChI=1S/C15H12INO3/c1-9-3-2-4-12(13(9)15(19)20)17-14(18)10-5-7-11(16)8-6-10/h2-8H,1H3,(H,17,18)(H,19,20). The van der Waals surface area contributed by atoms with Crippen molar-refractivity contribution >= 4 is 40.2 Å². The van der Waals surface area contributed by atoms with Crippen LogP contribution in [0.15, 0.2) is 42.5 Å². The number of aromatic carboxylic acids is 1. The van der Waals surface area contributed by atoms with Crippen molar-refractivity contribution < 1.29 is 14.7 Å². The predicted molar refractivity (Wildman–Crippen MR) is 85.3 cm³/mol. The number of aryl methyl sites for hydroxylation is 1. The zero-order valence-electron chi connectivity index (χ0n) is 10.7. The van der Waals surface area contributed by atoms with Crippen LogP contribution in [0.25, 0.3) is 0 Å². The summed E-state index contributed by atoms with van der Waals surface area (Å²) in [5.74, 6) is -1.38. The van der Waals surface area contributed by atoms with Crippen molar-refractivity contribution in [1.29, 1.82) is 0 Å². The number of amides is 1. The second-order valence-electron chi connectivity index (χ2n) is 4.26. The predicted octanol–water partition coefficient (Wildman–Crippen LogP) is 3.55. The highest BCUT2D eigenvalue weighted by molar-refractivity contribution is 14.1. The van der Waals surface area contributed by atoms with E-state index in [1.165, 1.54) is 0 Å². The summed E-state index contributed by atoms with van der Waals surface area (Å²) in [6, 6.07) is 12.0. The number of carboxylic acid groups (broad SMARTS) is 1. The zero-order chi connectivity index (χ0) is 14.7. The molecular weight excluding hydrogens is 369 g/mol. The molecule has 102 valence electrons. The molecule has 2 aromatic carbocycles. The Kier molecular flexibility index (Phi) is 4.39. The summed E-state index contributed by atoms with van der Waals surface area (Å²) < 4.78 is 1.03. The molecule has 0 saturated carbocycles. The molecule has 0 radical (unpaired) electrons. The van der Waals surface area contributed by atoms with Gasteiger partial charge in [0.2, 0.25) is 0 Å². The average molecular weight is 381 g/mol. The van der Waals surface area contributed by atoms with Crippen LogP contribution < -0.4 is 5.32 Å². The minimum atomic E-state index is -1.05. The molecule has 0 aliphatic rings. The Bertz CT molecular complexity index is 665. The second-order valence-corrected chi connectivity index (χ2v) is 5.51. The van der Waals surface area contributed by atoms with E-state index in [1.807, 2.05) is 12.1 Å². The first-order valence-electron chi connectivity index (χ1n) is 5.89. The Morgan fingerprint density at radius 2 is 1.75 bits per heavy atom. The van der Waals surface area contributed by atoms with Gasteiger partial charge in [-0.25, -0.2) is 4.79 Å². The molecule has 0 aromatic heterocycles. The molecule has 0 spiro atoms. The SMILES string of the molecule is Cc1cccc(NC(=O)c2ccc(I)cc2)c1C(=O)O. The molecule has 0 aliphatic heterocycles. The topological polar surface area (TPSA) is 66.4 Å². The minimum absolute atomic E-state index is 0.117. The van der Waals surface area contributed by atoms with Gasteiger partial charge in [0.05, 0.1) is 11.3 Å². The van der Waals surface area contributed by atoms with Crippen LogP contribution >= 0.6 is 22.6 Å². The van der Waals surface area contributed by atoms with E-state index in [4.69, 9.17) is 0 Å². The number of carboxylic acids is 1. The Hall–Kier alpha value is -1.89. The Morgan fingerprint density at radius 3 is 2.35 bits per heavy atom. The summed E-state index contributed by atoms with van der Waals surface area (Å²) in [4.78, 5) is 23.4. The van der Waals surface area contributed by atoms with Crippen molar-refractivity contribution in [3.8, 4) is 0 Å². The number of benzene rings is 2. The van der Waals surface area contributed by atoms with E-state index in [0.29, 0.717) is 16.8 Å². The highest BCUT2D eigenvalue weighted by Crippen LogP contribution is 2.20. The summed E-state index contributed by atoms with van der Waals surface area (Å²) in [6.45, 7) is 1.70. The van der Waals surface area contributed by atoms with Gasteiger partial charge in [-0.15, -0.1) is 0 Å². The van der Waals surface area contributed by atoms with Gasteiger partial charge < -0.3 is 10.4 Å². The van der Waals surface area contributed by atoms with Crippen LogP contribution in [0.1, 0.15) is 26.3 Å². The fourth-order valence-electron chi connectivity index (χ4n) is 1.85. The first-order chi connectivity index (χ1) is 9.49. The van der Waals surface area contributed by atoms with Gasteiger partial charge in [0.1, 0.15) is 0 Å². The number of halogens is 1. The van der Waals surface area contributed by atoms with Crippen molar-refractivity contribution in [3.63, 3.8) is 0 Å². The quantitative estimate of drug-likeness (QED) is 0.800.